The lowest BCUT2D eigenvalue weighted by Crippen LogP contribution is -2.15. The third kappa shape index (κ3) is 3.45. The second kappa shape index (κ2) is 6.34. The van der Waals surface area contributed by atoms with Gasteiger partial charge in [-0.25, -0.2) is 9.97 Å². The number of hydrogen-bond donors (Lipinski definition) is 2. The van der Waals surface area contributed by atoms with E-state index >= 15 is 0 Å². The van der Waals surface area contributed by atoms with Crippen LogP contribution in [0.3, 0.4) is 0 Å². The lowest BCUT2D eigenvalue weighted by molar-refractivity contribution is 0.102. The summed E-state index contributed by atoms with van der Waals surface area (Å²) in [5.74, 6) is 0.328. The molecule has 0 unspecified atom stereocenters. The molecule has 2 N–H and O–H groups in total. The summed E-state index contributed by atoms with van der Waals surface area (Å²) >= 11 is 5.91. The van der Waals surface area contributed by atoms with Crippen LogP contribution in [0.15, 0.2) is 30.6 Å². The zero-order valence-corrected chi connectivity index (χ0v) is 12.0. The van der Waals surface area contributed by atoms with E-state index in [0.29, 0.717) is 16.5 Å². The molecular weight excluding hydrogens is 276 g/mol. The Morgan fingerprint density at radius 1 is 1.30 bits per heavy atom. The zero-order valence-electron chi connectivity index (χ0n) is 11.3. The maximum Gasteiger partial charge on any atom is 0.275 e. The van der Waals surface area contributed by atoms with Gasteiger partial charge in [-0.15, -0.1) is 0 Å². The van der Waals surface area contributed by atoms with E-state index in [1.165, 1.54) is 12.4 Å². The van der Waals surface area contributed by atoms with Crippen molar-refractivity contribution in [2.45, 2.75) is 13.8 Å². The first-order valence-corrected chi connectivity index (χ1v) is 6.61. The number of benzene rings is 1. The van der Waals surface area contributed by atoms with Crippen LogP contribution in [0.5, 0.6) is 0 Å². The molecule has 0 saturated carbocycles. The molecule has 0 spiro atoms. The molecule has 1 heterocycles. The Balaban J connectivity index is 2.13. The molecule has 104 valence electrons. The summed E-state index contributed by atoms with van der Waals surface area (Å²) in [4.78, 5) is 20.3. The van der Waals surface area contributed by atoms with Crippen LogP contribution < -0.4 is 10.6 Å². The Labute approximate surface area is 122 Å². The zero-order chi connectivity index (χ0) is 14.5. The summed E-state index contributed by atoms with van der Waals surface area (Å²) in [6.07, 6.45) is 2.97. The third-order valence-electron chi connectivity index (χ3n) is 2.69. The highest BCUT2D eigenvalue weighted by Gasteiger charge is 2.10. The van der Waals surface area contributed by atoms with Crippen LogP contribution in [0.25, 0.3) is 0 Å². The minimum atomic E-state index is -0.314. The second-order valence-corrected chi connectivity index (χ2v) is 4.67. The summed E-state index contributed by atoms with van der Waals surface area (Å²) in [6.45, 7) is 4.61. The van der Waals surface area contributed by atoms with Crippen LogP contribution in [0, 0.1) is 6.92 Å². The van der Waals surface area contributed by atoms with Gasteiger partial charge in [0.2, 0.25) is 0 Å². The number of carbonyl (C=O) groups is 1. The number of rotatable bonds is 4. The predicted molar refractivity (Wildman–Crippen MR) is 80.3 cm³/mol. The highest BCUT2D eigenvalue weighted by atomic mass is 35.5. The van der Waals surface area contributed by atoms with E-state index in [9.17, 15) is 4.79 Å². The topological polar surface area (TPSA) is 66.9 Å². The van der Waals surface area contributed by atoms with Gasteiger partial charge in [0.25, 0.3) is 5.91 Å². The van der Waals surface area contributed by atoms with Crippen LogP contribution in [-0.4, -0.2) is 22.4 Å². The Kier molecular flexibility index (Phi) is 4.53. The summed E-state index contributed by atoms with van der Waals surface area (Å²) in [5.41, 5.74) is 1.85. The van der Waals surface area contributed by atoms with E-state index in [4.69, 9.17) is 11.6 Å². The molecule has 2 rings (SSSR count). The first-order valence-electron chi connectivity index (χ1n) is 6.23. The fourth-order valence-corrected chi connectivity index (χ4v) is 1.81. The fourth-order valence-electron chi connectivity index (χ4n) is 1.63. The molecule has 0 fully saturated rings. The van der Waals surface area contributed by atoms with Gasteiger partial charge in [-0.05, 0) is 31.5 Å². The van der Waals surface area contributed by atoms with Gasteiger partial charge < -0.3 is 10.6 Å². The molecule has 1 amide bonds. The number of hydrogen-bond acceptors (Lipinski definition) is 4. The van der Waals surface area contributed by atoms with Gasteiger partial charge in [0.15, 0.2) is 0 Å². The molecule has 20 heavy (non-hydrogen) atoms. The summed E-state index contributed by atoms with van der Waals surface area (Å²) in [5, 5.41) is 6.36. The average Bonchev–Trinajstić information content (AvgIpc) is 2.44. The Hall–Kier alpha value is -2.14. The van der Waals surface area contributed by atoms with Crippen molar-refractivity contribution >= 4 is 29.0 Å². The molecule has 0 saturated heterocycles. The summed E-state index contributed by atoms with van der Waals surface area (Å²) in [7, 11) is 0. The maximum absolute atomic E-state index is 12.1. The lowest BCUT2D eigenvalue weighted by Gasteiger charge is -2.08. The summed E-state index contributed by atoms with van der Waals surface area (Å²) in [6, 6.07) is 5.32. The normalized spacial score (nSPS) is 10.2. The molecule has 6 heteroatoms. The third-order valence-corrected chi connectivity index (χ3v) is 2.93. The van der Waals surface area contributed by atoms with Crippen LogP contribution in [-0.2, 0) is 0 Å². The van der Waals surface area contributed by atoms with Gasteiger partial charge in [0.05, 0.1) is 12.4 Å². The number of carbonyl (C=O) groups excluding carboxylic acids is 1. The predicted octanol–water partition coefficient (Wildman–Crippen LogP) is 3.12. The molecule has 5 nitrogen and oxygen atoms in total. The van der Waals surface area contributed by atoms with Gasteiger partial charge in [0, 0.05) is 17.3 Å². The first kappa shape index (κ1) is 14.3. The van der Waals surface area contributed by atoms with E-state index < -0.39 is 0 Å². The first-order chi connectivity index (χ1) is 9.60. The molecule has 0 aliphatic heterocycles. The maximum atomic E-state index is 12.1. The minimum Gasteiger partial charge on any atom is -0.369 e. The van der Waals surface area contributed by atoms with E-state index in [1.54, 1.807) is 12.1 Å². The highest BCUT2D eigenvalue weighted by Crippen LogP contribution is 2.20. The Morgan fingerprint density at radius 3 is 2.75 bits per heavy atom. The van der Waals surface area contributed by atoms with E-state index in [1.807, 2.05) is 19.9 Å². The SMILES string of the molecule is CCNc1cnc(C(=O)Nc2cc(Cl)ccc2C)cn1. The van der Waals surface area contributed by atoms with Crippen LogP contribution in [0.1, 0.15) is 23.0 Å². The largest absolute Gasteiger partial charge is 0.369 e. The van der Waals surface area contributed by atoms with Crippen molar-refractivity contribution in [3.05, 3.63) is 46.9 Å². The molecule has 0 aliphatic carbocycles. The van der Waals surface area contributed by atoms with Crippen LogP contribution >= 0.6 is 11.6 Å². The number of anilines is 2. The quantitative estimate of drug-likeness (QED) is 0.908. The highest BCUT2D eigenvalue weighted by molar-refractivity contribution is 6.31. The number of amides is 1. The lowest BCUT2D eigenvalue weighted by atomic mass is 10.2. The average molecular weight is 291 g/mol. The molecule has 1 aromatic heterocycles. The van der Waals surface area contributed by atoms with Crippen molar-refractivity contribution in [3.63, 3.8) is 0 Å². The Morgan fingerprint density at radius 2 is 2.10 bits per heavy atom. The molecule has 0 aliphatic rings. The van der Waals surface area contributed by atoms with Crippen molar-refractivity contribution in [2.75, 3.05) is 17.2 Å². The van der Waals surface area contributed by atoms with Crippen LogP contribution in [0.2, 0.25) is 5.02 Å². The summed E-state index contributed by atoms with van der Waals surface area (Å²) < 4.78 is 0. The molecule has 0 atom stereocenters. The molecular formula is C14H15ClN4O. The van der Waals surface area contributed by atoms with Crippen molar-refractivity contribution in [1.29, 1.82) is 0 Å². The van der Waals surface area contributed by atoms with Gasteiger partial charge >= 0.3 is 0 Å². The van der Waals surface area contributed by atoms with Crippen LogP contribution in [0.4, 0.5) is 11.5 Å². The fraction of sp³-hybridized carbons (Fsp3) is 0.214. The molecule has 0 bridgehead atoms. The van der Waals surface area contributed by atoms with Crippen molar-refractivity contribution in [3.8, 4) is 0 Å². The van der Waals surface area contributed by atoms with E-state index in [0.717, 1.165) is 12.1 Å². The number of nitrogens with one attached hydrogen (secondary N) is 2. The number of aromatic nitrogens is 2. The molecule has 1 aromatic carbocycles. The van der Waals surface area contributed by atoms with Gasteiger partial charge in [-0.3, -0.25) is 4.79 Å². The number of halogens is 1. The van der Waals surface area contributed by atoms with Gasteiger partial charge in [0.1, 0.15) is 11.5 Å². The minimum absolute atomic E-state index is 0.256. The monoisotopic (exact) mass is 290 g/mol. The van der Waals surface area contributed by atoms with Crippen molar-refractivity contribution < 1.29 is 4.79 Å². The number of nitrogens with zero attached hydrogens (tertiary/aromatic N) is 2. The molecule has 0 radical (unpaired) electrons. The van der Waals surface area contributed by atoms with Crippen molar-refractivity contribution in [2.24, 2.45) is 0 Å². The second-order valence-electron chi connectivity index (χ2n) is 4.23. The smallest absolute Gasteiger partial charge is 0.275 e. The van der Waals surface area contributed by atoms with Gasteiger partial charge in [-0.2, -0.15) is 0 Å². The standard InChI is InChI=1S/C14H15ClN4O/c1-3-16-13-8-17-12(7-18-13)14(20)19-11-6-10(15)5-4-9(11)2/h4-8H,3H2,1-2H3,(H,16,18)(H,19,20). The van der Waals surface area contributed by atoms with E-state index in [2.05, 4.69) is 20.6 Å². The molecule has 2 aromatic rings. The van der Waals surface area contributed by atoms with E-state index in [-0.39, 0.29) is 11.6 Å². The number of aryl methyl sites for hydroxylation is 1. The van der Waals surface area contributed by atoms with Crippen molar-refractivity contribution in [1.82, 2.24) is 9.97 Å². The Bertz CT molecular complexity index is 613. The van der Waals surface area contributed by atoms with Gasteiger partial charge in [-0.1, -0.05) is 17.7 Å².